The Labute approximate surface area is 182 Å². The molecule has 148 valence electrons. The molecule has 2 N–H and O–H groups in total. The Bertz CT molecular complexity index is 881. The average Bonchev–Trinajstić information content (AvgIpc) is 3.18. The van der Waals surface area contributed by atoms with Crippen LogP contribution in [0.25, 0.3) is 11.5 Å². The summed E-state index contributed by atoms with van der Waals surface area (Å²) in [6.45, 7) is 3.34. The van der Waals surface area contributed by atoms with Gasteiger partial charge in [0.2, 0.25) is 0 Å². The van der Waals surface area contributed by atoms with Gasteiger partial charge in [-0.3, -0.25) is 9.98 Å². The maximum absolute atomic E-state index is 5.37. The van der Waals surface area contributed by atoms with Crippen LogP contribution in [-0.4, -0.2) is 28.1 Å². The summed E-state index contributed by atoms with van der Waals surface area (Å²) in [4.78, 5) is 13.0. The van der Waals surface area contributed by atoms with Crippen LogP contribution >= 0.6 is 24.0 Å². The largest absolute Gasteiger partial charge is 0.352 e. The van der Waals surface area contributed by atoms with Gasteiger partial charge in [0.1, 0.15) is 0 Å². The van der Waals surface area contributed by atoms with E-state index in [2.05, 4.69) is 37.7 Å². The lowest BCUT2D eigenvalue weighted by Gasteiger charge is -2.12. The lowest BCUT2D eigenvalue weighted by atomic mass is 10.1. The first kappa shape index (κ1) is 21.8. The fourth-order valence-electron chi connectivity index (χ4n) is 2.59. The Kier molecular flexibility index (Phi) is 8.86. The summed E-state index contributed by atoms with van der Waals surface area (Å²) in [6.07, 6.45) is 3.60. The van der Waals surface area contributed by atoms with E-state index in [9.17, 15) is 0 Å². The van der Waals surface area contributed by atoms with E-state index in [4.69, 9.17) is 4.52 Å². The van der Waals surface area contributed by atoms with E-state index in [0.717, 1.165) is 35.5 Å². The normalized spacial score (nSPS) is 11.0. The zero-order chi connectivity index (χ0) is 18.9. The van der Waals surface area contributed by atoms with Gasteiger partial charge in [0.25, 0.3) is 5.89 Å². The van der Waals surface area contributed by atoms with Crippen LogP contribution in [0, 0.1) is 0 Å². The highest BCUT2D eigenvalue weighted by atomic mass is 127. The highest BCUT2D eigenvalue weighted by molar-refractivity contribution is 14.0. The van der Waals surface area contributed by atoms with Crippen LogP contribution in [0.2, 0.25) is 0 Å². The number of aliphatic imine (C=N–C) groups is 1. The number of nitrogens with one attached hydrogen (secondary N) is 2. The van der Waals surface area contributed by atoms with Crippen LogP contribution in [0.15, 0.2) is 58.2 Å². The second kappa shape index (κ2) is 11.4. The summed E-state index contributed by atoms with van der Waals surface area (Å²) in [5, 5.41) is 10.6. The highest BCUT2D eigenvalue weighted by Crippen LogP contribution is 2.19. The van der Waals surface area contributed by atoms with Gasteiger partial charge < -0.3 is 15.2 Å². The number of aryl methyl sites for hydroxylation is 1. The summed E-state index contributed by atoms with van der Waals surface area (Å²) >= 11 is 0. The first-order chi connectivity index (χ1) is 13.3. The number of pyridine rings is 1. The highest BCUT2D eigenvalue weighted by Gasteiger charge is 2.09. The molecule has 7 nitrogen and oxygen atoms in total. The quantitative estimate of drug-likeness (QED) is 0.298. The predicted octanol–water partition coefficient (Wildman–Crippen LogP) is 3.57. The fourth-order valence-corrected chi connectivity index (χ4v) is 2.59. The van der Waals surface area contributed by atoms with Gasteiger partial charge in [-0.05, 0) is 36.2 Å². The number of rotatable bonds is 7. The van der Waals surface area contributed by atoms with Crippen molar-refractivity contribution in [2.24, 2.45) is 4.99 Å². The second-order valence-electron chi connectivity index (χ2n) is 6.07. The van der Waals surface area contributed by atoms with Crippen molar-refractivity contribution in [1.29, 1.82) is 0 Å². The fraction of sp³-hybridized carbons (Fsp3) is 0.300. The summed E-state index contributed by atoms with van der Waals surface area (Å²) < 4.78 is 5.37. The van der Waals surface area contributed by atoms with Crippen molar-refractivity contribution in [3.05, 3.63) is 65.7 Å². The number of guanidine groups is 1. The maximum Gasteiger partial charge on any atom is 0.257 e. The molecule has 3 rings (SSSR count). The van der Waals surface area contributed by atoms with Crippen molar-refractivity contribution >= 4 is 29.9 Å². The van der Waals surface area contributed by atoms with Gasteiger partial charge in [-0.15, -0.1) is 24.0 Å². The predicted molar refractivity (Wildman–Crippen MR) is 120 cm³/mol. The number of hydrogen-bond donors (Lipinski definition) is 2. The van der Waals surface area contributed by atoms with Crippen LogP contribution in [0.5, 0.6) is 0 Å². The van der Waals surface area contributed by atoms with Crippen molar-refractivity contribution in [3.8, 4) is 11.5 Å². The van der Waals surface area contributed by atoms with E-state index < -0.39 is 0 Å². The number of halogens is 1. The Morgan fingerprint density at radius 2 is 1.96 bits per heavy atom. The molecule has 0 aliphatic carbocycles. The van der Waals surface area contributed by atoms with Crippen LogP contribution in [0.1, 0.15) is 30.4 Å². The van der Waals surface area contributed by atoms with Crippen LogP contribution in [0.3, 0.4) is 0 Å². The van der Waals surface area contributed by atoms with Gasteiger partial charge in [0.05, 0.1) is 12.2 Å². The van der Waals surface area contributed by atoms with Gasteiger partial charge in [-0.1, -0.05) is 30.3 Å². The molecule has 0 atom stereocenters. The molecule has 8 heteroatoms. The van der Waals surface area contributed by atoms with Gasteiger partial charge in [-0.2, -0.15) is 4.98 Å². The van der Waals surface area contributed by atoms with Gasteiger partial charge >= 0.3 is 0 Å². The molecule has 3 aromatic rings. The molecular formula is C20H25IN6O. The second-order valence-corrected chi connectivity index (χ2v) is 6.07. The zero-order valence-electron chi connectivity index (χ0n) is 16.1. The van der Waals surface area contributed by atoms with Crippen LogP contribution in [0.4, 0.5) is 0 Å². The molecule has 0 aliphatic heterocycles. The molecule has 2 heterocycles. The summed E-state index contributed by atoms with van der Waals surface area (Å²) in [5.74, 6) is 2.02. The van der Waals surface area contributed by atoms with Crippen LogP contribution in [-0.2, 0) is 19.5 Å². The van der Waals surface area contributed by atoms with Crippen molar-refractivity contribution in [2.75, 3.05) is 7.05 Å². The monoisotopic (exact) mass is 492 g/mol. The molecule has 0 radical (unpaired) electrons. The van der Waals surface area contributed by atoms with Crippen molar-refractivity contribution < 1.29 is 4.52 Å². The average molecular weight is 492 g/mol. The third kappa shape index (κ3) is 6.29. The number of benzene rings is 1. The molecule has 28 heavy (non-hydrogen) atoms. The molecule has 1 aromatic carbocycles. The van der Waals surface area contributed by atoms with E-state index in [0.29, 0.717) is 24.9 Å². The molecule has 0 aliphatic rings. The van der Waals surface area contributed by atoms with E-state index in [1.165, 1.54) is 0 Å². The van der Waals surface area contributed by atoms with E-state index >= 15 is 0 Å². The number of nitrogens with zero attached hydrogens (tertiary/aromatic N) is 4. The smallest absolute Gasteiger partial charge is 0.257 e. The first-order valence-electron chi connectivity index (χ1n) is 9.05. The Hall–Kier alpha value is -2.49. The Balaban J connectivity index is 0.00000280. The molecule has 0 bridgehead atoms. The van der Waals surface area contributed by atoms with Gasteiger partial charge in [0, 0.05) is 31.8 Å². The molecule has 2 aromatic heterocycles. The Morgan fingerprint density at radius 3 is 2.71 bits per heavy atom. The van der Waals surface area contributed by atoms with E-state index in [1.54, 1.807) is 13.2 Å². The minimum atomic E-state index is 0. The van der Waals surface area contributed by atoms with Gasteiger partial charge in [-0.25, -0.2) is 0 Å². The summed E-state index contributed by atoms with van der Waals surface area (Å²) in [6, 6.07) is 13.9. The number of hydrogen-bond acceptors (Lipinski definition) is 5. The molecule has 0 amide bonds. The van der Waals surface area contributed by atoms with Gasteiger partial charge in [0.15, 0.2) is 11.8 Å². The lowest BCUT2D eigenvalue weighted by molar-refractivity contribution is 0.422. The Morgan fingerprint density at radius 1 is 1.11 bits per heavy atom. The topological polar surface area (TPSA) is 88.2 Å². The SMILES string of the molecule is CCCc1noc(-c2cccc(CNC(=NC)NCc3ccccn3)c2)n1.I. The summed E-state index contributed by atoms with van der Waals surface area (Å²) in [5.41, 5.74) is 2.98. The molecular weight excluding hydrogens is 467 g/mol. The van der Waals surface area contributed by atoms with E-state index in [1.807, 2.05) is 42.5 Å². The minimum Gasteiger partial charge on any atom is -0.352 e. The molecule has 0 saturated carbocycles. The molecule has 0 saturated heterocycles. The van der Waals surface area contributed by atoms with E-state index in [-0.39, 0.29) is 24.0 Å². The van der Waals surface area contributed by atoms with Crippen molar-refractivity contribution in [2.45, 2.75) is 32.9 Å². The number of aromatic nitrogens is 3. The molecule has 0 unspecified atom stereocenters. The molecule has 0 fully saturated rings. The third-order valence-corrected chi connectivity index (χ3v) is 3.96. The van der Waals surface area contributed by atoms with Crippen LogP contribution < -0.4 is 10.6 Å². The standard InChI is InChI=1S/C20H24N6O.HI/c1-3-7-18-25-19(27-26-18)16-9-6-8-15(12-16)13-23-20(21-2)24-14-17-10-4-5-11-22-17;/h4-6,8-12H,3,7,13-14H2,1-2H3,(H2,21,23,24);1H. The maximum atomic E-state index is 5.37. The molecule has 0 spiro atoms. The third-order valence-electron chi connectivity index (χ3n) is 3.96. The summed E-state index contributed by atoms with van der Waals surface area (Å²) in [7, 11) is 1.75. The minimum absolute atomic E-state index is 0. The lowest BCUT2D eigenvalue weighted by Crippen LogP contribution is -2.36. The van der Waals surface area contributed by atoms with Crippen molar-refractivity contribution in [1.82, 2.24) is 25.8 Å². The zero-order valence-corrected chi connectivity index (χ0v) is 18.4. The first-order valence-corrected chi connectivity index (χ1v) is 9.05. The van der Waals surface area contributed by atoms with Crippen molar-refractivity contribution in [3.63, 3.8) is 0 Å².